The number of aliphatic hydroxyl groups excluding tert-OH is 1. The Morgan fingerprint density at radius 2 is 1.96 bits per heavy atom. The molecule has 2 aliphatic rings. The van der Waals surface area contributed by atoms with Gasteiger partial charge in [-0.25, -0.2) is 0 Å². The Balaban J connectivity index is 1.60. The van der Waals surface area contributed by atoms with Crippen LogP contribution in [-0.2, 0) is 17.9 Å². The summed E-state index contributed by atoms with van der Waals surface area (Å²) in [5.74, 6) is 0.263. The number of carbonyl (C=O) groups is 1. The summed E-state index contributed by atoms with van der Waals surface area (Å²) < 4.78 is 0. The molecule has 1 aromatic carbocycles. The van der Waals surface area contributed by atoms with Gasteiger partial charge in [0.1, 0.15) is 0 Å². The van der Waals surface area contributed by atoms with Crippen molar-refractivity contribution in [1.29, 1.82) is 0 Å². The molecule has 1 heterocycles. The predicted octanol–water partition coefficient (Wildman–Crippen LogP) is 2.23. The van der Waals surface area contributed by atoms with Crippen molar-refractivity contribution in [2.75, 3.05) is 13.2 Å². The van der Waals surface area contributed by atoms with Crippen LogP contribution < -0.4 is 5.32 Å². The van der Waals surface area contributed by atoms with Crippen molar-refractivity contribution < 1.29 is 9.90 Å². The molecule has 1 fully saturated rings. The second-order valence-electron chi connectivity index (χ2n) is 6.58. The number of hydrogen-bond donors (Lipinski definition) is 2. The third kappa shape index (κ3) is 4.01. The molecule has 0 unspecified atom stereocenters. The normalized spacial score (nSPS) is 21.9. The highest BCUT2D eigenvalue weighted by atomic mass is 16.3. The maximum absolute atomic E-state index is 12.2. The van der Waals surface area contributed by atoms with Gasteiger partial charge in [0.15, 0.2) is 0 Å². The van der Waals surface area contributed by atoms with Gasteiger partial charge in [-0.05, 0) is 43.4 Å². The Hall–Kier alpha value is -1.65. The third-order valence-corrected chi connectivity index (χ3v) is 5.03. The summed E-state index contributed by atoms with van der Waals surface area (Å²) in [6.45, 7) is 2.71. The zero-order chi connectivity index (χ0) is 16.1. The molecule has 0 aromatic heterocycles. The molecular weight excluding hydrogens is 288 g/mol. The van der Waals surface area contributed by atoms with Gasteiger partial charge in [0.2, 0.25) is 5.91 Å². The van der Waals surface area contributed by atoms with Gasteiger partial charge in [-0.15, -0.1) is 0 Å². The Bertz CT molecular complexity index is 562. The van der Waals surface area contributed by atoms with Gasteiger partial charge in [-0.3, -0.25) is 9.69 Å². The molecule has 0 saturated carbocycles. The summed E-state index contributed by atoms with van der Waals surface area (Å²) >= 11 is 0. The first-order valence-electron chi connectivity index (χ1n) is 8.62. The molecule has 124 valence electrons. The molecule has 0 radical (unpaired) electrons. The van der Waals surface area contributed by atoms with E-state index in [0.717, 1.165) is 38.8 Å². The molecule has 4 heteroatoms. The van der Waals surface area contributed by atoms with E-state index in [-0.39, 0.29) is 24.5 Å². The fourth-order valence-corrected chi connectivity index (χ4v) is 3.57. The highest BCUT2D eigenvalue weighted by Crippen LogP contribution is 2.22. The molecule has 1 amide bonds. The van der Waals surface area contributed by atoms with Crippen LogP contribution in [0.4, 0.5) is 0 Å². The van der Waals surface area contributed by atoms with Crippen LogP contribution >= 0.6 is 0 Å². The lowest BCUT2D eigenvalue weighted by Gasteiger charge is -2.24. The zero-order valence-electron chi connectivity index (χ0n) is 13.6. The van der Waals surface area contributed by atoms with E-state index < -0.39 is 0 Å². The number of rotatable bonds is 6. The molecule has 1 aromatic rings. The SMILES string of the molecule is O=C(NCc1ccccc1CN1CCC[C@H]1CO)C1CC=CC1. The number of aliphatic hydroxyl groups is 1. The second kappa shape index (κ2) is 7.75. The molecule has 1 aliphatic carbocycles. The number of nitrogens with one attached hydrogen (secondary N) is 1. The highest BCUT2D eigenvalue weighted by molar-refractivity contribution is 5.79. The number of hydrogen-bond acceptors (Lipinski definition) is 3. The summed E-state index contributed by atoms with van der Waals surface area (Å²) in [6, 6.07) is 8.57. The minimum atomic E-state index is 0.111. The van der Waals surface area contributed by atoms with Crippen LogP contribution in [0.1, 0.15) is 36.8 Å². The van der Waals surface area contributed by atoms with Crippen molar-refractivity contribution in [3.05, 3.63) is 47.5 Å². The van der Waals surface area contributed by atoms with Gasteiger partial charge in [0.25, 0.3) is 0 Å². The van der Waals surface area contributed by atoms with Crippen LogP contribution in [-0.4, -0.2) is 35.1 Å². The van der Waals surface area contributed by atoms with Crippen LogP contribution in [0.2, 0.25) is 0 Å². The quantitative estimate of drug-likeness (QED) is 0.792. The van der Waals surface area contributed by atoms with E-state index in [0.29, 0.717) is 6.54 Å². The molecule has 23 heavy (non-hydrogen) atoms. The monoisotopic (exact) mass is 314 g/mol. The lowest BCUT2D eigenvalue weighted by atomic mass is 10.0. The molecule has 1 aliphatic heterocycles. The molecule has 0 bridgehead atoms. The molecular formula is C19H26N2O2. The van der Waals surface area contributed by atoms with Gasteiger partial charge in [0.05, 0.1) is 6.61 Å². The van der Waals surface area contributed by atoms with Crippen LogP contribution in [0.15, 0.2) is 36.4 Å². The fraction of sp³-hybridized carbons (Fsp3) is 0.526. The fourth-order valence-electron chi connectivity index (χ4n) is 3.57. The van der Waals surface area contributed by atoms with Crippen molar-refractivity contribution >= 4 is 5.91 Å². The van der Waals surface area contributed by atoms with Crippen LogP contribution in [0.5, 0.6) is 0 Å². The minimum Gasteiger partial charge on any atom is -0.395 e. The maximum Gasteiger partial charge on any atom is 0.224 e. The average Bonchev–Trinajstić information content (AvgIpc) is 3.25. The average molecular weight is 314 g/mol. The standard InChI is InChI=1S/C19H26N2O2/c22-14-18-10-5-11-21(18)13-17-9-4-3-8-16(17)12-20-19(23)15-6-1-2-7-15/h1-4,8-9,15,18,22H,5-7,10-14H2,(H,20,23)/t18-/m0/s1. The molecule has 0 spiro atoms. The number of nitrogens with zero attached hydrogens (tertiary/aromatic N) is 1. The van der Waals surface area contributed by atoms with Crippen molar-refractivity contribution in [2.24, 2.45) is 5.92 Å². The Labute approximate surface area is 138 Å². The Kier molecular flexibility index (Phi) is 5.47. The van der Waals surface area contributed by atoms with E-state index in [4.69, 9.17) is 0 Å². The van der Waals surface area contributed by atoms with Crippen molar-refractivity contribution in [3.63, 3.8) is 0 Å². The first-order valence-corrected chi connectivity index (χ1v) is 8.62. The summed E-state index contributed by atoms with van der Waals surface area (Å²) in [4.78, 5) is 14.5. The number of likely N-dealkylation sites (tertiary alicyclic amines) is 1. The van der Waals surface area contributed by atoms with Crippen LogP contribution in [0.3, 0.4) is 0 Å². The lowest BCUT2D eigenvalue weighted by molar-refractivity contribution is -0.124. The zero-order valence-corrected chi connectivity index (χ0v) is 13.6. The van der Waals surface area contributed by atoms with E-state index in [9.17, 15) is 9.90 Å². The van der Waals surface area contributed by atoms with E-state index in [1.165, 1.54) is 11.1 Å². The molecule has 2 N–H and O–H groups in total. The van der Waals surface area contributed by atoms with E-state index >= 15 is 0 Å². The van der Waals surface area contributed by atoms with Crippen LogP contribution in [0, 0.1) is 5.92 Å². The second-order valence-corrected chi connectivity index (χ2v) is 6.58. The van der Waals surface area contributed by atoms with Gasteiger partial charge in [-0.1, -0.05) is 36.4 Å². The summed E-state index contributed by atoms with van der Waals surface area (Å²) in [7, 11) is 0. The maximum atomic E-state index is 12.2. The van der Waals surface area contributed by atoms with E-state index in [2.05, 4.69) is 34.5 Å². The van der Waals surface area contributed by atoms with Crippen molar-refractivity contribution in [1.82, 2.24) is 10.2 Å². The topological polar surface area (TPSA) is 52.6 Å². The van der Waals surface area contributed by atoms with Gasteiger partial charge < -0.3 is 10.4 Å². The van der Waals surface area contributed by atoms with Crippen molar-refractivity contribution in [3.8, 4) is 0 Å². The largest absolute Gasteiger partial charge is 0.395 e. The van der Waals surface area contributed by atoms with Gasteiger partial charge in [0, 0.05) is 25.0 Å². The molecule has 1 saturated heterocycles. The third-order valence-electron chi connectivity index (χ3n) is 5.03. The molecule has 1 atom stereocenters. The van der Waals surface area contributed by atoms with Crippen molar-refractivity contribution in [2.45, 2.75) is 44.8 Å². The lowest BCUT2D eigenvalue weighted by Crippen LogP contribution is -2.33. The minimum absolute atomic E-state index is 0.111. The molecule has 4 nitrogen and oxygen atoms in total. The molecule has 3 rings (SSSR count). The Morgan fingerprint density at radius 1 is 1.22 bits per heavy atom. The van der Waals surface area contributed by atoms with E-state index in [1.807, 2.05) is 12.1 Å². The first-order chi connectivity index (χ1) is 11.3. The van der Waals surface area contributed by atoms with E-state index in [1.54, 1.807) is 0 Å². The predicted molar refractivity (Wildman–Crippen MR) is 90.7 cm³/mol. The highest BCUT2D eigenvalue weighted by Gasteiger charge is 2.24. The number of allylic oxidation sites excluding steroid dienone is 2. The number of carbonyl (C=O) groups excluding carboxylic acids is 1. The summed E-state index contributed by atoms with van der Waals surface area (Å²) in [5.41, 5.74) is 2.42. The number of benzene rings is 1. The van der Waals surface area contributed by atoms with Crippen LogP contribution in [0.25, 0.3) is 0 Å². The van der Waals surface area contributed by atoms with Gasteiger partial charge >= 0.3 is 0 Å². The smallest absolute Gasteiger partial charge is 0.224 e. The van der Waals surface area contributed by atoms with Gasteiger partial charge in [-0.2, -0.15) is 0 Å². The number of amides is 1. The summed E-state index contributed by atoms with van der Waals surface area (Å²) in [6.07, 6.45) is 8.11. The first kappa shape index (κ1) is 16.2. The summed E-state index contributed by atoms with van der Waals surface area (Å²) in [5, 5.41) is 12.6. The Morgan fingerprint density at radius 3 is 2.70 bits per heavy atom.